The largest absolute Gasteiger partial charge is 0.322 e. The van der Waals surface area contributed by atoms with Crippen LogP contribution >= 0.6 is 43.2 Å². The zero-order valence-corrected chi connectivity index (χ0v) is 13.0. The number of nitrogens with two attached hydrogens (primary N) is 1. The van der Waals surface area contributed by atoms with Crippen molar-refractivity contribution in [1.82, 2.24) is 0 Å². The molecule has 0 radical (unpaired) electrons. The molecular weight excluding hydrogens is 366 g/mol. The molecule has 0 aliphatic rings. The first-order valence-electron chi connectivity index (χ1n) is 4.12. The van der Waals surface area contributed by atoms with Crippen LogP contribution in [0.5, 0.6) is 0 Å². The summed E-state index contributed by atoms with van der Waals surface area (Å²) < 4.78 is 24.5. The molecular formula is C8H11Br2NO2S2. The average Bonchev–Trinajstić information content (AvgIpc) is 2.43. The zero-order chi connectivity index (χ0) is 11.8. The Morgan fingerprint density at radius 1 is 1.47 bits per heavy atom. The first-order valence-corrected chi connectivity index (χ1v) is 8.48. The van der Waals surface area contributed by atoms with Gasteiger partial charge in [0.15, 0.2) is 9.84 Å². The molecule has 86 valence electrons. The van der Waals surface area contributed by atoms with Crippen molar-refractivity contribution in [2.24, 2.45) is 5.73 Å². The SMILES string of the molecule is CC(C(N)c1cc(Br)c(Br)s1)S(C)(=O)=O. The van der Waals surface area contributed by atoms with Gasteiger partial charge in [-0.05, 0) is 44.8 Å². The lowest BCUT2D eigenvalue weighted by molar-refractivity contribution is 0.572. The maximum absolute atomic E-state index is 11.3. The van der Waals surface area contributed by atoms with E-state index in [4.69, 9.17) is 5.73 Å². The highest BCUT2D eigenvalue weighted by Crippen LogP contribution is 2.36. The summed E-state index contributed by atoms with van der Waals surface area (Å²) in [7, 11) is -3.10. The molecule has 3 nitrogen and oxygen atoms in total. The third-order valence-electron chi connectivity index (χ3n) is 2.17. The lowest BCUT2D eigenvalue weighted by atomic mass is 10.2. The summed E-state index contributed by atoms with van der Waals surface area (Å²) in [6, 6.07) is 1.37. The van der Waals surface area contributed by atoms with Crippen LogP contribution in [-0.4, -0.2) is 19.9 Å². The topological polar surface area (TPSA) is 60.2 Å². The molecule has 7 heteroatoms. The van der Waals surface area contributed by atoms with Crippen molar-refractivity contribution in [2.45, 2.75) is 18.2 Å². The number of hydrogen-bond donors (Lipinski definition) is 1. The molecule has 1 aromatic rings. The molecule has 15 heavy (non-hydrogen) atoms. The summed E-state index contributed by atoms with van der Waals surface area (Å²) in [5.74, 6) is 0. The van der Waals surface area contributed by atoms with Crippen molar-refractivity contribution in [1.29, 1.82) is 0 Å². The molecule has 0 saturated heterocycles. The minimum absolute atomic E-state index is 0.479. The average molecular weight is 377 g/mol. The maximum atomic E-state index is 11.3. The summed E-state index contributed by atoms with van der Waals surface area (Å²) in [6.45, 7) is 1.63. The summed E-state index contributed by atoms with van der Waals surface area (Å²) in [4.78, 5) is 0.853. The molecule has 0 aliphatic carbocycles. The van der Waals surface area contributed by atoms with E-state index >= 15 is 0 Å². The van der Waals surface area contributed by atoms with Crippen LogP contribution in [0.15, 0.2) is 14.3 Å². The zero-order valence-electron chi connectivity index (χ0n) is 8.20. The Hall–Kier alpha value is 0.570. The van der Waals surface area contributed by atoms with Crippen LogP contribution in [0.2, 0.25) is 0 Å². The van der Waals surface area contributed by atoms with Crippen molar-refractivity contribution in [3.05, 3.63) is 19.2 Å². The van der Waals surface area contributed by atoms with Gasteiger partial charge >= 0.3 is 0 Å². The molecule has 2 unspecified atom stereocenters. The van der Waals surface area contributed by atoms with Crippen molar-refractivity contribution in [2.75, 3.05) is 6.26 Å². The van der Waals surface area contributed by atoms with Gasteiger partial charge in [0.25, 0.3) is 0 Å². The molecule has 0 saturated carbocycles. The van der Waals surface area contributed by atoms with Gasteiger partial charge in [-0.1, -0.05) is 0 Å². The van der Waals surface area contributed by atoms with Crippen molar-refractivity contribution >= 4 is 53.0 Å². The van der Waals surface area contributed by atoms with Crippen molar-refractivity contribution in [3.8, 4) is 0 Å². The summed E-state index contributed by atoms with van der Waals surface area (Å²) >= 11 is 8.14. The molecule has 1 rings (SSSR count). The predicted octanol–water partition coefficient (Wildman–Crippen LogP) is 2.71. The second-order valence-corrected chi connectivity index (χ2v) is 8.99. The molecule has 2 N–H and O–H groups in total. The predicted molar refractivity (Wildman–Crippen MR) is 71.0 cm³/mol. The van der Waals surface area contributed by atoms with E-state index in [-0.39, 0.29) is 0 Å². The Balaban J connectivity index is 3.00. The highest BCUT2D eigenvalue weighted by Gasteiger charge is 2.25. The van der Waals surface area contributed by atoms with E-state index in [0.717, 1.165) is 13.1 Å². The van der Waals surface area contributed by atoms with Crippen LogP contribution < -0.4 is 5.73 Å². The van der Waals surface area contributed by atoms with E-state index in [9.17, 15) is 8.42 Å². The maximum Gasteiger partial charge on any atom is 0.151 e. The monoisotopic (exact) mass is 375 g/mol. The van der Waals surface area contributed by atoms with E-state index in [2.05, 4.69) is 31.9 Å². The van der Waals surface area contributed by atoms with Crippen LogP contribution in [0, 0.1) is 0 Å². The first kappa shape index (κ1) is 13.6. The van der Waals surface area contributed by atoms with Crippen LogP contribution in [0.1, 0.15) is 17.8 Å². The highest BCUT2D eigenvalue weighted by molar-refractivity contribution is 9.13. The van der Waals surface area contributed by atoms with Gasteiger partial charge in [-0.3, -0.25) is 0 Å². The number of sulfone groups is 1. The van der Waals surface area contributed by atoms with Gasteiger partial charge in [0.1, 0.15) is 0 Å². The fraction of sp³-hybridized carbons (Fsp3) is 0.500. The lowest BCUT2D eigenvalue weighted by Crippen LogP contribution is -2.29. The van der Waals surface area contributed by atoms with Crippen molar-refractivity contribution in [3.63, 3.8) is 0 Å². The van der Waals surface area contributed by atoms with E-state index in [1.165, 1.54) is 17.6 Å². The minimum atomic E-state index is -3.10. The first-order chi connectivity index (χ1) is 6.73. The second kappa shape index (κ2) is 4.83. The third kappa shape index (κ3) is 3.26. The van der Waals surface area contributed by atoms with Gasteiger partial charge in [-0.2, -0.15) is 0 Å². The van der Waals surface area contributed by atoms with E-state index in [0.29, 0.717) is 0 Å². The molecule has 2 atom stereocenters. The van der Waals surface area contributed by atoms with Gasteiger partial charge in [0.2, 0.25) is 0 Å². The van der Waals surface area contributed by atoms with Gasteiger partial charge < -0.3 is 5.73 Å². The molecule has 1 heterocycles. The summed E-state index contributed by atoms with van der Waals surface area (Å²) in [5, 5.41) is -0.574. The molecule has 0 bridgehead atoms. The second-order valence-electron chi connectivity index (χ2n) is 3.33. The standard InChI is InChI=1S/C8H11Br2NO2S2/c1-4(15(2,12)13)7(11)6-3-5(9)8(10)14-6/h3-4,7H,11H2,1-2H3. The molecule has 0 aromatic carbocycles. The Morgan fingerprint density at radius 3 is 2.33 bits per heavy atom. The Labute approximate surface area is 110 Å². The number of thiophene rings is 1. The fourth-order valence-corrected chi connectivity index (χ4v) is 3.99. The van der Waals surface area contributed by atoms with Crippen molar-refractivity contribution < 1.29 is 8.42 Å². The van der Waals surface area contributed by atoms with Gasteiger partial charge in [0, 0.05) is 15.6 Å². The Bertz CT molecular complexity index is 436. The lowest BCUT2D eigenvalue weighted by Gasteiger charge is -2.16. The Morgan fingerprint density at radius 2 is 2.00 bits per heavy atom. The summed E-state index contributed by atoms with van der Waals surface area (Å²) in [6.07, 6.45) is 1.20. The number of halogens is 2. The van der Waals surface area contributed by atoms with Crippen LogP contribution in [0.25, 0.3) is 0 Å². The molecule has 0 aliphatic heterocycles. The van der Waals surface area contributed by atoms with Crippen LogP contribution in [-0.2, 0) is 9.84 Å². The Kier molecular flexibility index (Phi) is 4.39. The molecule has 1 aromatic heterocycles. The normalized spacial score (nSPS) is 16.3. The highest BCUT2D eigenvalue weighted by atomic mass is 79.9. The van der Waals surface area contributed by atoms with Gasteiger partial charge in [-0.15, -0.1) is 11.3 Å². The quantitative estimate of drug-likeness (QED) is 0.882. The van der Waals surface area contributed by atoms with E-state index in [1.54, 1.807) is 6.92 Å². The fourth-order valence-electron chi connectivity index (χ4n) is 1.03. The summed E-state index contributed by atoms with van der Waals surface area (Å²) in [5.41, 5.74) is 5.90. The van der Waals surface area contributed by atoms with E-state index < -0.39 is 21.1 Å². The van der Waals surface area contributed by atoms with E-state index in [1.807, 2.05) is 6.07 Å². The van der Waals surface area contributed by atoms with Crippen LogP contribution in [0.3, 0.4) is 0 Å². The van der Waals surface area contributed by atoms with Gasteiger partial charge in [-0.25, -0.2) is 8.42 Å². The minimum Gasteiger partial charge on any atom is -0.322 e. The van der Waals surface area contributed by atoms with Crippen LogP contribution in [0.4, 0.5) is 0 Å². The number of rotatable bonds is 3. The third-order valence-corrected chi connectivity index (χ3v) is 7.18. The van der Waals surface area contributed by atoms with Gasteiger partial charge in [0.05, 0.1) is 15.1 Å². The molecule has 0 spiro atoms. The molecule has 0 amide bonds. The smallest absolute Gasteiger partial charge is 0.151 e. The molecule has 0 fully saturated rings. The number of hydrogen-bond acceptors (Lipinski definition) is 4.